The molecule has 9 heteroatoms. The van der Waals surface area contributed by atoms with Crippen LogP contribution in [0.1, 0.15) is 16.1 Å². The van der Waals surface area contributed by atoms with E-state index in [-0.39, 0.29) is 17.4 Å². The molecule has 2 aromatic heterocycles. The van der Waals surface area contributed by atoms with Crippen LogP contribution < -0.4 is 10.1 Å². The lowest BCUT2D eigenvalue weighted by Crippen LogP contribution is -2.22. The number of imidazole rings is 1. The Morgan fingerprint density at radius 2 is 1.88 bits per heavy atom. The average molecular weight is 451 g/mol. The summed E-state index contributed by atoms with van der Waals surface area (Å²) < 4.78 is 33.5. The van der Waals surface area contributed by atoms with Gasteiger partial charge in [0.25, 0.3) is 5.91 Å². The van der Waals surface area contributed by atoms with Crippen molar-refractivity contribution in [1.29, 1.82) is 0 Å². The van der Waals surface area contributed by atoms with Crippen LogP contribution in [0, 0.1) is 0 Å². The summed E-state index contributed by atoms with van der Waals surface area (Å²) in [5.41, 5.74) is 2.37. The molecule has 0 aliphatic heterocycles. The summed E-state index contributed by atoms with van der Waals surface area (Å²) in [6.07, 6.45) is 3.80. The van der Waals surface area contributed by atoms with Crippen molar-refractivity contribution in [3.8, 4) is 5.75 Å². The number of carbonyl (C=O) groups is 1. The highest BCUT2D eigenvalue weighted by molar-refractivity contribution is 7.89. The van der Waals surface area contributed by atoms with Crippen molar-refractivity contribution in [2.75, 3.05) is 19.4 Å². The second-order valence-electron chi connectivity index (χ2n) is 7.28. The molecule has 2 aromatic carbocycles. The minimum atomic E-state index is -3.60. The molecule has 0 saturated heterocycles. The lowest BCUT2D eigenvalue weighted by atomic mass is 10.2. The van der Waals surface area contributed by atoms with E-state index in [9.17, 15) is 13.2 Å². The first kappa shape index (κ1) is 21.5. The third-order valence-electron chi connectivity index (χ3n) is 4.77. The van der Waals surface area contributed by atoms with Crippen LogP contribution >= 0.6 is 0 Å². The fourth-order valence-electron chi connectivity index (χ4n) is 3.09. The summed E-state index contributed by atoms with van der Waals surface area (Å²) in [6, 6.07) is 18.7. The van der Waals surface area contributed by atoms with Crippen LogP contribution in [-0.4, -0.2) is 42.1 Å². The number of ether oxygens (including phenoxy) is 1. The maximum absolute atomic E-state index is 12.7. The zero-order valence-electron chi connectivity index (χ0n) is 17.6. The zero-order chi connectivity index (χ0) is 22.7. The SMILES string of the molecule is CN(C)S(=O)(=O)c1cccc(NC(=O)c2cccc(OCc3cn4ccccc4n3)c2)c1. The fraction of sp³-hybridized carbons (Fsp3) is 0.130. The second-order valence-corrected chi connectivity index (χ2v) is 9.44. The number of benzene rings is 2. The Kier molecular flexibility index (Phi) is 5.93. The van der Waals surface area contributed by atoms with Crippen LogP contribution in [0.2, 0.25) is 0 Å². The van der Waals surface area contributed by atoms with Gasteiger partial charge in [-0.25, -0.2) is 17.7 Å². The number of pyridine rings is 1. The van der Waals surface area contributed by atoms with Gasteiger partial charge >= 0.3 is 0 Å². The van der Waals surface area contributed by atoms with Gasteiger partial charge in [0.2, 0.25) is 10.0 Å². The number of hydrogen-bond acceptors (Lipinski definition) is 5. The number of nitrogens with one attached hydrogen (secondary N) is 1. The van der Waals surface area contributed by atoms with Crippen LogP contribution in [0.5, 0.6) is 5.75 Å². The summed E-state index contributed by atoms with van der Waals surface area (Å²) in [6.45, 7) is 0.261. The van der Waals surface area contributed by atoms with Gasteiger partial charge in [-0.2, -0.15) is 0 Å². The molecule has 4 aromatic rings. The maximum Gasteiger partial charge on any atom is 0.255 e. The molecular formula is C23H22N4O4S. The van der Waals surface area contributed by atoms with E-state index in [1.807, 2.05) is 35.0 Å². The van der Waals surface area contributed by atoms with Crippen molar-refractivity contribution in [1.82, 2.24) is 13.7 Å². The van der Waals surface area contributed by atoms with Gasteiger partial charge < -0.3 is 14.5 Å². The Hall–Kier alpha value is -3.69. The maximum atomic E-state index is 12.7. The molecule has 2 heterocycles. The van der Waals surface area contributed by atoms with Crippen molar-refractivity contribution in [2.45, 2.75) is 11.5 Å². The van der Waals surface area contributed by atoms with Gasteiger partial charge in [0.05, 0.1) is 10.6 Å². The first-order chi connectivity index (χ1) is 15.3. The normalized spacial score (nSPS) is 11.6. The summed E-state index contributed by atoms with van der Waals surface area (Å²) in [5, 5.41) is 2.74. The molecule has 0 unspecified atom stereocenters. The van der Waals surface area contributed by atoms with Gasteiger partial charge in [0.1, 0.15) is 18.0 Å². The Balaban J connectivity index is 1.45. The molecule has 0 saturated carbocycles. The number of sulfonamides is 1. The molecule has 32 heavy (non-hydrogen) atoms. The molecular weight excluding hydrogens is 428 g/mol. The number of rotatable bonds is 7. The predicted octanol–water partition coefficient (Wildman–Crippen LogP) is 3.42. The quantitative estimate of drug-likeness (QED) is 0.466. The van der Waals surface area contributed by atoms with Crippen molar-refractivity contribution >= 4 is 27.3 Å². The number of fused-ring (bicyclic) bond motifs is 1. The first-order valence-electron chi connectivity index (χ1n) is 9.82. The molecule has 4 rings (SSSR count). The molecule has 0 aliphatic rings. The largest absolute Gasteiger partial charge is 0.487 e. The highest BCUT2D eigenvalue weighted by Gasteiger charge is 2.18. The minimum Gasteiger partial charge on any atom is -0.487 e. The highest BCUT2D eigenvalue weighted by Crippen LogP contribution is 2.20. The molecule has 0 bridgehead atoms. The van der Waals surface area contributed by atoms with E-state index in [0.29, 0.717) is 17.0 Å². The molecule has 8 nitrogen and oxygen atoms in total. The third kappa shape index (κ3) is 4.63. The number of anilines is 1. The first-order valence-corrected chi connectivity index (χ1v) is 11.3. The summed E-state index contributed by atoms with van der Waals surface area (Å²) in [7, 11) is -0.682. The standard InChI is InChI=1S/C23H22N4O4S/c1-26(2)32(29,30)21-10-6-8-18(14-21)25-23(28)17-7-5-9-20(13-17)31-16-19-15-27-12-4-3-11-22(27)24-19/h3-15H,16H2,1-2H3,(H,25,28). The van der Waals surface area contributed by atoms with Crippen LogP contribution in [0.15, 0.2) is 84.0 Å². The lowest BCUT2D eigenvalue weighted by molar-refractivity contribution is 0.102. The van der Waals surface area contributed by atoms with E-state index in [1.165, 1.54) is 26.2 Å². The van der Waals surface area contributed by atoms with Crippen LogP contribution in [-0.2, 0) is 16.6 Å². The van der Waals surface area contributed by atoms with E-state index < -0.39 is 10.0 Å². The molecule has 0 spiro atoms. The zero-order valence-corrected chi connectivity index (χ0v) is 18.4. The molecule has 0 fully saturated rings. The van der Waals surface area contributed by atoms with Gasteiger partial charge in [0.15, 0.2) is 0 Å². The van der Waals surface area contributed by atoms with E-state index in [4.69, 9.17) is 4.74 Å². The van der Waals surface area contributed by atoms with E-state index >= 15 is 0 Å². The van der Waals surface area contributed by atoms with Crippen LogP contribution in [0.3, 0.4) is 0 Å². The number of carbonyl (C=O) groups excluding carboxylic acids is 1. The predicted molar refractivity (Wildman–Crippen MR) is 121 cm³/mol. The second kappa shape index (κ2) is 8.81. The average Bonchev–Trinajstić information content (AvgIpc) is 3.21. The Morgan fingerprint density at radius 1 is 1.06 bits per heavy atom. The third-order valence-corrected chi connectivity index (χ3v) is 6.58. The van der Waals surface area contributed by atoms with Crippen molar-refractivity contribution in [3.63, 3.8) is 0 Å². The topological polar surface area (TPSA) is 93.0 Å². The molecule has 164 valence electrons. The van der Waals surface area contributed by atoms with Crippen LogP contribution in [0.4, 0.5) is 5.69 Å². The molecule has 0 atom stereocenters. The van der Waals surface area contributed by atoms with E-state index in [0.717, 1.165) is 15.6 Å². The Bertz CT molecular complexity index is 1350. The monoisotopic (exact) mass is 450 g/mol. The fourth-order valence-corrected chi connectivity index (χ4v) is 4.04. The summed E-state index contributed by atoms with van der Waals surface area (Å²) in [4.78, 5) is 17.3. The van der Waals surface area contributed by atoms with Crippen molar-refractivity contribution < 1.29 is 17.9 Å². The van der Waals surface area contributed by atoms with Crippen LogP contribution in [0.25, 0.3) is 5.65 Å². The van der Waals surface area contributed by atoms with Gasteiger partial charge in [0, 0.05) is 37.7 Å². The van der Waals surface area contributed by atoms with Gasteiger partial charge in [-0.15, -0.1) is 0 Å². The summed E-state index contributed by atoms with van der Waals surface area (Å²) in [5.74, 6) is 0.154. The Morgan fingerprint density at radius 3 is 2.66 bits per heavy atom. The highest BCUT2D eigenvalue weighted by atomic mass is 32.2. The van der Waals surface area contributed by atoms with E-state index in [1.54, 1.807) is 36.4 Å². The number of hydrogen-bond donors (Lipinski definition) is 1. The van der Waals surface area contributed by atoms with Crippen molar-refractivity contribution in [2.24, 2.45) is 0 Å². The molecule has 0 aliphatic carbocycles. The number of amides is 1. The van der Waals surface area contributed by atoms with Gasteiger partial charge in [-0.05, 0) is 48.5 Å². The molecule has 1 amide bonds. The smallest absolute Gasteiger partial charge is 0.255 e. The molecule has 1 N–H and O–H groups in total. The Labute approximate surface area is 186 Å². The minimum absolute atomic E-state index is 0.102. The number of aromatic nitrogens is 2. The lowest BCUT2D eigenvalue weighted by Gasteiger charge is -2.13. The van der Waals surface area contributed by atoms with Crippen molar-refractivity contribution in [3.05, 3.63) is 90.4 Å². The number of nitrogens with zero attached hydrogens (tertiary/aromatic N) is 3. The summed E-state index contributed by atoms with van der Waals surface area (Å²) >= 11 is 0. The van der Waals surface area contributed by atoms with Gasteiger partial charge in [-0.1, -0.05) is 18.2 Å². The molecule has 0 radical (unpaired) electrons. The van der Waals surface area contributed by atoms with E-state index in [2.05, 4.69) is 10.3 Å². The van der Waals surface area contributed by atoms with Gasteiger partial charge in [-0.3, -0.25) is 4.79 Å².